The van der Waals surface area contributed by atoms with Gasteiger partial charge in [-0.2, -0.15) is 4.31 Å². The van der Waals surface area contributed by atoms with Crippen molar-refractivity contribution in [2.24, 2.45) is 0 Å². The Kier molecular flexibility index (Phi) is 10.6. The zero-order valence-corrected chi connectivity index (χ0v) is 25.2. The number of carbonyl (C=O) groups is 2. The second-order valence-electron chi connectivity index (χ2n) is 10.6. The lowest BCUT2D eigenvalue weighted by Gasteiger charge is -2.38. The maximum atomic E-state index is 14.0. The van der Waals surface area contributed by atoms with Gasteiger partial charge in [-0.15, -0.1) is 13.2 Å². The first-order valence-corrected chi connectivity index (χ1v) is 15.6. The molecule has 0 unspecified atom stereocenters. The number of carboxylic acid groups (broad SMARTS) is 1. The van der Waals surface area contributed by atoms with E-state index < -0.39 is 46.0 Å². The molecule has 3 N–H and O–H groups in total. The summed E-state index contributed by atoms with van der Waals surface area (Å²) in [6.07, 6.45) is -3.76. The Morgan fingerprint density at radius 3 is 2.28 bits per heavy atom. The number of ether oxygens (including phenoxy) is 1. The monoisotopic (exact) mass is 670 g/mol. The van der Waals surface area contributed by atoms with Gasteiger partial charge < -0.3 is 20.5 Å². The molecule has 0 bridgehead atoms. The second-order valence-corrected chi connectivity index (χ2v) is 12.5. The lowest BCUT2D eigenvalue weighted by atomic mass is 9.98. The Hall–Kier alpha value is -4.15. The Morgan fingerprint density at radius 2 is 1.67 bits per heavy atom. The van der Waals surface area contributed by atoms with Crippen LogP contribution in [0.2, 0.25) is 0 Å². The molecule has 1 fully saturated rings. The number of rotatable bonds is 12. The SMILES string of the molecule is CCC(F)(F)c1ccc(CNC(=O)[C@H]2C[C@H](NCc3ccnc(C(=O)O)c3)CCN2S(=O)(=O)c2ccc(OC(F)(F)F)cc2)cc1. The minimum atomic E-state index is -4.97. The molecule has 2 aromatic carbocycles. The quantitative estimate of drug-likeness (QED) is 0.234. The van der Waals surface area contributed by atoms with Gasteiger partial charge in [-0.1, -0.05) is 31.2 Å². The van der Waals surface area contributed by atoms with E-state index in [1.807, 2.05) is 0 Å². The van der Waals surface area contributed by atoms with Crippen molar-refractivity contribution in [2.45, 2.75) is 68.5 Å². The third kappa shape index (κ3) is 8.76. The average Bonchev–Trinajstić information content (AvgIpc) is 3.02. The van der Waals surface area contributed by atoms with Gasteiger partial charge in [0.25, 0.3) is 5.92 Å². The summed E-state index contributed by atoms with van der Waals surface area (Å²) < 4.78 is 97.9. The molecule has 10 nitrogen and oxygen atoms in total. The topological polar surface area (TPSA) is 138 Å². The summed E-state index contributed by atoms with van der Waals surface area (Å²) in [6, 6.07) is 10.3. The molecule has 4 rings (SSSR count). The van der Waals surface area contributed by atoms with E-state index in [0.717, 1.165) is 28.6 Å². The third-order valence-corrected chi connectivity index (χ3v) is 9.37. The van der Waals surface area contributed by atoms with Crippen LogP contribution in [-0.4, -0.2) is 59.7 Å². The van der Waals surface area contributed by atoms with Crippen molar-refractivity contribution in [3.8, 4) is 5.75 Å². The van der Waals surface area contributed by atoms with Crippen molar-refractivity contribution in [1.29, 1.82) is 0 Å². The number of hydrogen-bond donors (Lipinski definition) is 3. The first-order valence-electron chi connectivity index (χ1n) is 14.1. The van der Waals surface area contributed by atoms with Crippen molar-refractivity contribution < 1.29 is 49.8 Å². The summed E-state index contributed by atoms with van der Waals surface area (Å²) in [5, 5.41) is 15.1. The highest BCUT2D eigenvalue weighted by atomic mass is 32.2. The summed E-state index contributed by atoms with van der Waals surface area (Å²) >= 11 is 0. The zero-order chi connectivity index (χ0) is 33.7. The Labute approximate surface area is 261 Å². The Balaban J connectivity index is 1.52. The predicted octanol–water partition coefficient (Wildman–Crippen LogP) is 4.81. The van der Waals surface area contributed by atoms with Crippen LogP contribution in [0.3, 0.4) is 0 Å². The number of aromatic carboxylic acids is 1. The first-order chi connectivity index (χ1) is 21.6. The van der Waals surface area contributed by atoms with Crippen LogP contribution < -0.4 is 15.4 Å². The maximum absolute atomic E-state index is 14.0. The van der Waals surface area contributed by atoms with Crippen LogP contribution in [0.25, 0.3) is 0 Å². The van der Waals surface area contributed by atoms with Gasteiger partial charge in [0.15, 0.2) is 0 Å². The molecule has 248 valence electrons. The smallest absolute Gasteiger partial charge is 0.477 e. The number of aromatic nitrogens is 1. The van der Waals surface area contributed by atoms with Crippen LogP contribution >= 0.6 is 0 Å². The molecular formula is C30H31F5N4O6S. The molecular weight excluding hydrogens is 639 g/mol. The van der Waals surface area contributed by atoms with Crippen molar-refractivity contribution in [3.05, 3.63) is 89.2 Å². The molecule has 2 heterocycles. The molecule has 1 aliphatic rings. The molecule has 2 atom stereocenters. The highest BCUT2D eigenvalue weighted by Crippen LogP contribution is 2.32. The van der Waals surface area contributed by atoms with E-state index in [0.29, 0.717) is 11.1 Å². The van der Waals surface area contributed by atoms with Gasteiger partial charge >= 0.3 is 12.3 Å². The number of nitrogens with zero attached hydrogens (tertiary/aromatic N) is 2. The molecule has 1 aliphatic heterocycles. The lowest BCUT2D eigenvalue weighted by Crippen LogP contribution is -2.56. The van der Waals surface area contributed by atoms with Crippen LogP contribution in [0.1, 0.15) is 53.4 Å². The molecule has 0 radical (unpaired) electrons. The number of alkyl halides is 5. The first kappa shape index (κ1) is 34.7. The van der Waals surface area contributed by atoms with Crippen LogP contribution in [0.15, 0.2) is 71.8 Å². The summed E-state index contributed by atoms with van der Waals surface area (Å²) in [5.74, 6) is -5.51. The molecule has 1 amide bonds. The van der Waals surface area contributed by atoms with Crippen molar-refractivity contribution in [3.63, 3.8) is 0 Å². The number of carbonyl (C=O) groups excluding carboxylic acids is 1. The van der Waals surface area contributed by atoms with E-state index in [2.05, 4.69) is 20.4 Å². The fourth-order valence-corrected chi connectivity index (χ4v) is 6.56. The van der Waals surface area contributed by atoms with Gasteiger partial charge in [0.05, 0.1) is 4.90 Å². The minimum absolute atomic E-state index is 0.00113. The molecule has 0 aliphatic carbocycles. The third-order valence-electron chi connectivity index (χ3n) is 7.45. The largest absolute Gasteiger partial charge is 0.573 e. The van der Waals surface area contributed by atoms with Crippen LogP contribution in [0, 0.1) is 0 Å². The van der Waals surface area contributed by atoms with Gasteiger partial charge in [0.2, 0.25) is 15.9 Å². The van der Waals surface area contributed by atoms with Gasteiger partial charge in [0, 0.05) is 43.9 Å². The van der Waals surface area contributed by atoms with E-state index in [9.17, 15) is 45.1 Å². The number of nitrogens with one attached hydrogen (secondary N) is 2. The number of halogens is 5. The molecule has 0 saturated carbocycles. The fourth-order valence-electron chi connectivity index (χ4n) is 4.94. The highest BCUT2D eigenvalue weighted by molar-refractivity contribution is 7.89. The summed E-state index contributed by atoms with van der Waals surface area (Å²) in [5.41, 5.74) is 0.758. The Bertz CT molecular complexity index is 1640. The van der Waals surface area contributed by atoms with Crippen molar-refractivity contribution >= 4 is 21.9 Å². The van der Waals surface area contributed by atoms with E-state index in [4.69, 9.17) is 0 Å². The normalized spacial score (nSPS) is 17.8. The van der Waals surface area contributed by atoms with Gasteiger partial charge in [-0.25, -0.2) is 27.0 Å². The van der Waals surface area contributed by atoms with Crippen LogP contribution in [0.5, 0.6) is 5.75 Å². The average molecular weight is 671 g/mol. The number of sulfonamides is 1. The number of hydrogen-bond acceptors (Lipinski definition) is 7. The second kappa shape index (κ2) is 14.1. The number of amides is 1. The van der Waals surface area contributed by atoms with Gasteiger partial charge in [-0.05, 0) is 60.4 Å². The highest BCUT2D eigenvalue weighted by Gasteiger charge is 2.41. The Morgan fingerprint density at radius 1 is 1.00 bits per heavy atom. The van der Waals surface area contributed by atoms with Gasteiger partial charge in [0.1, 0.15) is 17.5 Å². The summed E-state index contributed by atoms with van der Waals surface area (Å²) in [7, 11) is -4.38. The molecule has 16 heteroatoms. The van der Waals surface area contributed by atoms with Gasteiger partial charge in [-0.3, -0.25) is 4.79 Å². The zero-order valence-electron chi connectivity index (χ0n) is 24.4. The number of benzene rings is 2. The number of pyridine rings is 1. The molecule has 46 heavy (non-hydrogen) atoms. The van der Waals surface area contributed by atoms with Crippen molar-refractivity contribution in [2.75, 3.05) is 6.54 Å². The predicted molar refractivity (Wildman–Crippen MR) is 154 cm³/mol. The van der Waals surface area contributed by atoms with E-state index >= 15 is 0 Å². The number of piperidine rings is 1. The van der Waals surface area contributed by atoms with E-state index in [1.54, 1.807) is 6.07 Å². The van der Waals surface area contributed by atoms with Crippen molar-refractivity contribution in [1.82, 2.24) is 19.9 Å². The fraction of sp³-hybridized carbons (Fsp3) is 0.367. The van der Waals surface area contributed by atoms with E-state index in [1.165, 1.54) is 43.5 Å². The van der Waals surface area contributed by atoms with Crippen LogP contribution in [0.4, 0.5) is 22.0 Å². The molecule has 1 saturated heterocycles. The molecule has 3 aromatic rings. The van der Waals surface area contributed by atoms with Crippen LogP contribution in [-0.2, 0) is 33.8 Å². The summed E-state index contributed by atoms with van der Waals surface area (Å²) in [6.45, 7) is 1.34. The van der Waals surface area contributed by atoms with E-state index in [-0.39, 0.29) is 61.1 Å². The maximum Gasteiger partial charge on any atom is 0.573 e. The number of carboxylic acids is 1. The summed E-state index contributed by atoms with van der Waals surface area (Å²) in [4.78, 5) is 28.2. The molecule has 1 aromatic heterocycles. The molecule has 0 spiro atoms. The minimum Gasteiger partial charge on any atom is -0.477 e. The standard InChI is InChI=1S/C30H31F5N4O6S/c1-2-29(31,32)21-5-3-19(4-6-21)17-38-27(40)26-16-22(37-18-20-11-13-36-25(15-20)28(41)42)12-14-39(26)46(43,44)24-9-7-23(8-10-24)45-30(33,34)35/h3-11,13,15,22,26,37H,2,12,14,16-18H2,1H3,(H,38,40)(H,41,42)/t22-,26-/m1/s1. The lowest BCUT2D eigenvalue weighted by molar-refractivity contribution is -0.274.